The van der Waals surface area contributed by atoms with Crippen molar-refractivity contribution in [2.24, 2.45) is 5.92 Å². The fraction of sp³-hybridized carbons (Fsp3) is 1.00. The lowest BCUT2D eigenvalue weighted by atomic mass is 10.3. The third kappa shape index (κ3) is 2.70. The van der Waals surface area contributed by atoms with E-state index in [4.69, 9.17) is 0 Å². The fourth-order valence-corrected chi connectivity index (χ4v) is 6.28. The van der Waals surface area contributed by atoms with E-state index >= 15 is 0 Å². The zero-order valence-electron chi connectivity index (χ0n) is 9.23. The lowest BCUT2D eigenvalue weighted by molar-refractivity contribution is 0.555. The number of hydrogen-bond donors (Lipinski definition) is 0. The smallest absolute Gasteiger partial charge is 0.213 e. The molecule has 0 saturated carbocycles. The van der Waals surface area contributed by atoms with E-state index in [1.54, 1.807) is 13.8 Å². The van der Waals surface area contributed by atoms with E-state index in [0.717, 1.165) is 0 Å². The van der Waals surface area contributed by atoms with Crippen molar-refractivity contribution in [3.8, 4) is 0 Å². The maximum absolute atomic E-state index is 11.6. The van der Waals surface area contributed by atoms with Gasteiger partial charge in [0.15, 0.2) is 0 Å². The summed E-state index contributed by atoms with van der Waals surface area (Å²) in [7, 11) is -8.14. The first-order chi connectivity index (χ1) is 5.92. The Kier molecular flexibility index (Phi) is 3.78. The second kappa shape index (κ2) is 3.81. The maximum Gasteiger partial charge on any atom is 0.258 e. The first kappa shape index (κ1) is 13.9. The van der Waals surface area contributed by atoms with Gasteiger partial charge in [0.1, 0.15) is 0 Å². The lowest BCUT2D eigenvalue weighted by Gasteiger charge is -2.19. The highest BCUT2D eigenvalue weighted by atomic mass is 33.2. The van der Waals surface area contributed by atoms with Crippen molar-refractivity contribution in [1.29, 1.82) is 0 Å². The van der Waals surface area contributed by atoms with Crippen LogP contribution >= 0.6 is 0 Å². The SMILES string of the molecule is CC(C)CS(=O)(=O)S(=O)(=O)C(C)(C)C. The highest BCUT2D eigenvalue weighted by Gasteiger charge is 2.41. The molecule has 0 rings (SSSR count). The van der Waals surface area contributed by atoms with Crippen LogP contribution in [-0.4, -0.2) is 27.3 Å². The van der Waals surface area contributed by atoms with Gasteiger partial charge in [-0.05, 0) is 26.7 Å². The molecular formula is C8H18O4S2. The molecule has 0 saturated heterocycles. The van der Waals surface area contributed by atoms with Gasteiger partial charge in [0.25, 0.3) is 17.7 Å². The Bertz CT molecular complexity index is 382. The average molecular weight is 242 g/mol. The zero-order chi connectivity index (χ0) is 11.8. The van der Waals surface area contributed by atoms with Crippen molar-refractivity contribution in [2.75, 3.05) is 5.75 Å². The van der Waals surface area contributed by atoms with Gasteiger partial charge >= 0.3 is 0 Å². The van der Waals surface area contributed by atoms with Crippen molar-refractivity contribution in [3.63, 3.8) is 0 Å². The van der Waals surface area contributed by atoms with Gasteiger partial charge in [0, 0.05) is 0 Å². The van der Waals surface area contributed by atoms with E-state index in [-0.39, 0.29) is 11.7 Å². The van der Waals surface area contributed by atoms with Crippen molar-refractivity contribution in [2.45, 2.75) is 39.4 Å². The van der Waals surface area contributed by atoms with Crippen LogP contribution in [0.2, 0.25) is 0 Å². The van der Waals surface area contributed by atoms with Gasteiger partial charge in [-0.3, -0.25) is 0 Å². The molecule has 0 radical (unpaired) electrons. The summed E-state index contributed by atoms with van der Waals surface area (Å²) in [6.45, 7) is 7.52. The Balaban J connectivity index is 5.35. The van der Waals surface area contributed by atoms with Crippen molar-refractivity contribution < 1.29 is 16.8 Å². The average Bonchev–Trinajstić information content (AvgIpc) is 1.80. The molecule has 6 heteroatoms. The Labute approximate surface area is 85.9 Å². The van der Waals surface area contributed by atoms with E-state index in [2.05, 4.69) is 0 Å². The van der Waals surface area contributed by atoms with E-state index in [9.17, 15) is 16.8 Å². The molecule has 0 aromatic rings. The maximum atomic E-state index is 11.6. The molecular weight excluding hydrogens is 224 g/mol. The van der Waals surface area contributed by atoms with E-state index in [0.29, 0.717) is 0 Å². The summed E-state index contributed by atoms with van der Waals surface area (Å²) in [5.74, 6) is -0.496. The molecule has 0 aliphatic rings. The van der Waals surface area contributed by atoms with Crippen LogP contribution in [0.5, 0.6) is 0 Å². The summed E-state index contributed by atoms with van der Waals surface area (Å²) < 4.78 is 45.0. The molecule has 4 nitrogen and oxygen atoms in total. The topological polar surface area (TPSA) is 68.3 Å². The van der Waals surface area contributed by atoms with E-state index in [1.165, 1.54) is 20.8 Å². The monoisotopic (exact) mass is 242 g/mol. The van der Waals surface area contributed by atoms with Gasteiger partial charge in [-0.25, -0.2) is 16.8 Å². The molecule has 0 aliphatic heterocycles. The normalized spacial score (nSPS) is 14.7. The van der Waals surface area contributed by atoms with Gasteiger partial charge in [-0.2, -0.15) is 0 Å². The largest absolute Gasteiger partial charge is 0.258 e. The molecule has 86 valence electrons. The molecule has 0 atom stereocenters. The Morgan fingerprint density at radius 3 is 1.57 bits per heavy atom. The first-order valence-electron chi connectivity index (χ1n) is 4.39. The molecule has 0 spiro atoms. The third-order valence-corrected chi connectivity index (χ3v) is 8.78. The highest BCUT2D eigenvalue weighted by Crippen LogP contribution is 2.23. The predicted molar refractivity (Wildman–Crippen MR) is 57.3 cm³/mol. The van der Waals surface area contributed by atoms with E-state index < -0.39 is 22.5 Å². The van der Waals surface area contributed by atoms with E-state index in [1.807, 2.05) is 0 Å². The molecule has 0 unspecified atom stereocenters. The quantitative estimate of drug-likeness (QED) is 0.697. The summed E-state index contributed by atoms with van der Waals surface area (Å²) in [5, 5.41) is 0. The van der Waals surface area contributed by atoms with Crippen LogP contribution in [0.15, 0.2) is 0 Å². The summed E-state index contributed by atoms with van der Waals surface area (Å²) in [4.78, 5) is 0. The van der Waals surface area contributed by atoms with Crippen LogP contribution < -0.4 is 0 Å². The summed E-state index contributed by atoms with van der Waals surface area (Å²) >= 11 is 0. The van der Waals surface area contributed by atoms with Gasteiger partial charge < -0.3 is 0 Å². The summed E-state index contributed by atoms with van der Waals surface area (Å²) in [5.41, 5.74) is 0. The van der Waals surface area contributed by atoms with Crippen LogP contribution in [0.4, 0.5) is 0 Å². The van der Waals surface area contributed by atoms with Gasteiger partial charge in [-0.1, -0.05) is 13.8 Å². The number of hydrogen-bond acceptors (Lipinski definition) is 4. The van der Waals surface area contributed by atoms with Gasteiger partial charge in [0.05, 0.1) is 10.5 Å². The molecule has 0 aromatic heterocycles. The molecule has 0 aromatic carbocycles. The van der Waals surface area contributed by atoms with Crippen molar-refractivity contribution >= 4 is 17.7 Å². The third-order valence-electron chi connectivity index (χ3n) is 1.62. The number of rotatable bonds is 3. The second-order valence-electron chi connectivity index (χ2n) is 4.68. The Hall–Kier alpha value is -0.100. The molecule has 0 aliphatic carbocycles. The molecule has 0 N–H and O–H groups in total. The minimum Gasteiger partial charge on any atom is -0.213 e. The Morgan fingerprint density at radius 1 is 1.00 bits per heavy atom. The lowest BCUT2D eigenvalue weighted by Crippen LogP contribution is -2.36. The van der Waals surface area contributed by atoms with Crippen LogP contribution in [-0.2, 0) is 17.7 Å². The van der Waals surface area contributed by atoms with Crippen LogP contribution in [0, 0.1) is 5.92 Å². The Morgan fingerprint density at radius 2 is 1.36 bits per heavy atom. The zero-order valence-corrected chi connectivity index (χ0v) is 10.9. The molecule has 0 heterocycles. The van der Waals surface area contributed by atoms with Gasteiger partial charge in [-0.15, -0.1) is 0 Å². The van der Waals surface area contributed by atoms with Gasteiger partial charge in [0.2, 0.25) is 0 Å². The minimum absolute atomic E-state index is 0.183. The van der Waals surface area contributed by atoms with Crippen LogP contribution in [0.3, 0.4) is 0 Å². The van der Waals surface area contributed by atoms with Crippen LogP contribution in [0.1, 0.15) is 34.6 Å². The first-order valence-corrected chi connectivity index (χ1v) is 8.04. The second-order valence-corrected chi connectivity index (χ2v) is 11.1. The molecule has 14 heavy (non-hydrogen) atoms. The summed E-state index contributed by atoms with van der Waals surface area (Å²) in [6, 6.07) is 0. The van der Waals surface area contributed by atoms with Crippen molar-refractivity contribution in [1.82, 2.24) is 0 Å². The minimum atomic E-state index is -4.10. The fourth-order valence-electron chi connectivity index (χ4n) is 0.879. The molecule has 0 amide bonds. The highest BCUT2D eigenvalue weighted by molar-refractivity contribution is 8.67. The summed E-state index contributed by atoms with van der Waals surface area (Å²) in [6.07, 6.45) is 0. The van der Waals surface area contributed by atoms with Crippen LogP contribution in [0.25, 0.3) is 0 Å². The van der Waals surface area contributed by atoms with Crippen molar-refractivity contribution in [3.05, 3.63) is 0 Å². The molecule has 0 bridgehead atoms. The standard InChI is InChI=1S/C8H18O4S2/c1-7(2)6-13(9,10)14(11,12)8(3,4)5/h7H,6H2,1-5H3. The predicted octanol–water partition coefficient (Wildman–Crippen LogP) is 1.19. The molecule has 0 fully saturated rings.